The maximum atomic E-state index is 14.5. The second-order valence-electron chi connectivity index (χ2n) is 6.72. The number of imidazole rings is 1. The lowest BCUT2D eigenvalue weighted by atomic mass is 10.1. The number of alkyl halides is 3. The van der Waals surface area contributed by atoms with Gasteiger partial charge in [-0.25, -0.2) is 14.4 Å². The molecular weight excluding hydrogens is 412 g/mol. The van der Waals surface area contributed by atoms with Crippen LogP contribution in [0, 0.1) is 5.82 Å². The Labute approximate surface area is 169 Å². The molecule has 0 fully saturated rings. The Bertz CT molecular complexity index is 1030. The average molecular weight is 429 g/mol. The highest BCUT2D eigenvalue weighted by Gasteiger charge is 2.34. The first-order chi connectivity index (χ1) is 13.5. The van der Waals surface area contributed by atoms with E-state index in [1.807, 2.05) is 13.8 Å². The lowest BCUT2D eigenvalue weighted by Crippen LogP contribution is -2.05. The van der Waals surface area contributed by atoms with Crippen molar-refractivity contribution in [2.45, 2.75) is 32.5 Å². The van der Waals surface area contributed by atoms with E-state index in [1.165, 1.54) is 19.2 Å². The summed E-state index contributed by atoms with van der Waals surface area (Å²) in [5.74, 6) is -0.463. The fraction of sp³-hybridized carbons (Fsp3) is 0.316. The molecule has 154 valence electrons. The molecule has 3 aromatic rings. The smallest absolute Gasteiger partial charge is 0.434 e. The fourth-order valence-corrected chi connectivity index (χ4v) is 2.80. The van der Waals surface area contributed by atoms with Crippen molar-refractivity contribution in [1.29, 1.82) is 0 Å². The van der Waals surface area contributed by atoms with Crippen LogP contribution < -0.4 is 4.74 Å². The normalized spacial score (nSPS) is 11.9. The van der Waals surface area contributed by atoms with Gasteiger partial charge in [0, 0.05) is 19.3 Å². The highest BCUT2D eigenvalue weighted by molar-refractivity contribution is 6.28. The van der Waals surface area contributed by atoms with Crippen LogP contribution in [0.2, 0.25) is 5.28 Å². The van der Waals surface area contributed by atoms with Crippen LogP contribution in [0.4, 0.5) is 17.6 Å². The molecule has 1 aromatic carbocycles. The quantitative estimate of drug-likeness (QED) is 0.404. The van der Waals surface area contributed by atoms with Crippen molar-refractivity contribution in [1.82, 2.24) is 19.5 Å². The number of benzene rings is 1. The van der Waals surface area contributed by atoms with Crippen molar-refractivity contribution in [3.8, 4) is 17.3 Å². The largest absolute Gasteiger partial charge is 0.473 e. The maximum Gasteiger partial charge on any atom is 0.434 e. The van der Waals surface area contributed by atoms with E-state index >= 15 is 0 Å². The van der Waals surface area contributed by atoms with Crippen molar-refractivity contribution in [3.05, 3.63) is 58.5 Å². The van der Waals surface area contributed by atoms with Crippen molar-refractivity contribution < 1.29 is 22.3 Å². The van der Waals surface area contributed by atoms with Crippen molar-refractivity contribution in [3.63, 3.8) is 0 Å². The Kier molecular flexibility index (Phi) is 5.79. The SMILES string of the molecule is CC(C)c1cc(OCc2ccc(-c3nc(C(F)(F)F)cn3C)c(F)c2)nc(Cl)n1. The van der Waals surface area contributed by atoms with E-state index in [-0.39, 0.29) is 35.1 Å². The molecule has 0 spiro atoms. The van der Waals surface area contributed by atoms with Gasteiger partial charge in [0.25, 0.3) is 0 Å². The van der Waals surface area contributed by atoms with Crippen molar-refractivity contribution >= 4 is 11.6 Å². The molecule has 0 aliphatic heterocycles. The molecule has 0 aliphatic rings. The predicted octanol–water partition coefficient (Wildman–Crippen LogP) is 5.39. The van der Waals surface area contributed by atoms with Gasteiger partial charge in [0.1, 0.15) is 18.2 Å². The van der Waals surface area contributed by atoms with E-state index < -0.39 is 17.7 Å². The van der Waals surface area contributed by atoms with Crippen LogP contribution in [0.25, 0.3) is 11.4 Å². The minimum Gasteiger partial charge on any atom is -0.473 e. The molecule has 0 unspecified atom stereocenters. The average Bonchev–Trinajstić information content (AvgIpc) is 3.01. The predicted molar refractivity (Wildman–Crippen MR) is 99.1 cm³/mol. The summed E-state index contributed by atoms with van der Waals surface area (Å²) in [5, 5.41) is 0.0444. The lowest BCUT2D eigenvalue weighted by Gasteiger charge is -2.10. The maximum absolute atomic E-state index is 14.5. The molecule has 0 N–H and O–H groups in total. The van der Waals surface area contributed by atoms with Gasteiger partial charge in [0.2, 0.25) is 11.2 Å². The molecule has 0 amide bonds. The molecule has 5 nitrogen and oxygen atoms in total. The molecule has 2 aromatic heterocycles. The van der Waals surface area contributed by atoms with Crippen LogP contribution >= 0.6 is 11.6 Å². The molecule has 29 heavy (non-hydrogen) atoms. The van der Waals surface area contributed by atoms with Gasteiger partial charge >= 0.3 is 6.18 Å². The number of hydrogen-bond acceptors (Lipinski definition) is 4. The monoisotopic (exact) mass is 428 g/mol. The third kappa shape index (κ3) is 4.84. The number of aryl methyl sites for hydroxylation is 1. The molecule has 10 heteroatoms. The fourth-order valence-electron chi connectivity index (χ4n) is 2.62. The van der Waals surface area contributed by atoms with E-state index in [0.29, 0.717) is 11.3 Å². The van der Waals surface area contributed by atoms with Gasteiger partial charge in [-0.05, 0) is 35.2 Å². The Balaban J connectivity index is 1.80. The summed E-state index contributed by atoms with van der Waals surface area (Å²) in [4.78, 5) is 11.6. The van der Waals surface area contributed by atoms with Gasteiger partial charge in [0.05, 0.1) is 11.3 Å². The molecule has 0 saturated carbocycles. The van der Waals surface area contributed by atoms with Crippen LogP contribution in [0.3, 0.4) is 0 Å². The standard InChI is InChI=1S/C19H17ClF4N4O/c1-10(2)14-7-16(27-18(20)25-14)29-9-11-4-5-12(13(21)6-11)17-26-15(8-28(17)3)19(22,23)24/h4-8,10H,9H2,1-3H3. The van der Waals surface area contributed by atoms with Gasteiger partial charge in [-0.1, -0.05) is 19.9 Å². The summed E-state index contributed by atoms with van der Waals surface area (Å²) in [6.45, 7) is 3.88. The molecular formula is C19H17ClF4N4O. The van der Waals surface area contributed by atoms with Crippen molar-refractivity contribution in [2.24, 2.45) is 7.05 Å². The second kappa shape index (κ2) is 7.98. The second-order valence-corrected chi connectivity index (χ2v) is 7.05. The summed E-state index contributed by atoms with van der Waals surface area (Å²) in [7, 11) is 1.37. The minimum atomic E-state index is -4.60. The third-order valence-electron chi connectivity index (χ3n) is 4.11. The summed E-state index contributed by atoms with van der Waals surface area (Å²) in [6.07, 6.45) is -3.79. The molecule has 3 rings (SSSR count). The minimum absolute atomic E-state index is 0.00353. The zero-order valence-corrected chi connectivity index (χ0v) is 16.5. The molecule has 0 aliphatic carbocycles. The number of nitrogens with zero attached hydrogens (tertiary/aromatic N) is 4. The molecule has 0 radical (unpaired) electrons. The Morgan fingerprint density at radius 3 is 2.45 bits per heavy atom. The van der Waals surface area contributed by atoms with E-state index in [2.05, 4.69) is 15.0 Å². The van der Waals surface area contributed by atoms with E-state index in [4.69, 9.17) is 16.3 Å². The van der Waals surface area contributed by atoms with E-state index in [1.54, 1.807) is 12.1 Å². The Hall–Kier alpha value is -2.68. The van der Waals surface area contributed by atoms with Gasteiger partial charge in [-0.15, -0.1) is 0 Å². The number of ether oxygens (including phenoxy) is 1. The first-order valence-corrected chi connectivity index (χ1v) is 8.99. The van der Waals surface area contributed by atoms with Crippen LogP contribution in [0.1, 0.15) is 36.7 Å². The molecule has 0 atom stereocenters. The first kappa shape index (κ1) is 21.0. The van der Waals surface area contributed by atoms with Gasteiger partial charge < -0.3 is 9.30 Å². The van der Waals surface area contributed by atoms with Gasteiger partial charge in [-0.3, -0.25) is 0 Å². The van der Waals surface area contributed by atoms with Crippen LogP contribution in [0.15, 0.2) is 30.5 Å². The van der Waals surface area contributed by atoms with Crippen LogP contribution in [-0.2, 0) is 19.8 Å². The number of hydrogen-bond donors (Lipinski definition) is 0. The first-order valence-electron chi connectivity index (χ1n) is 8.61. The Morgan fingerprint density at radius 2 is 1.86 bits per heavy atom. The van der Waals surface area contributed by atoms with Crippen molar-refractivity contribution in [2.75, 3.05) is 0 Å². The summed E-state index contributed by atoms with van der Waals surface area (Å²) in [6, 6.07) is 5.74. The third-order valence-corrected chi connectivity index (χ3v) is 4.28. The molecule has 2 heterocycles. The number of rotatable bonds is 5. The topological polar surface area (TPSA) is 52.8 Å². The van der Waals surface area contributed by atoms with Crippen LogP contribution in [0.5, 0.6) is 5.88 Å². The highest BCUT2D eigenvalue weighted by Crippen LogP contribution is 2.31. The van der Waals surface area contributed by atoms with Gasteiger partial charge in [0.15, 0.2) is 5.69 Å². The van der Waals surface area contributed by atoms with Gasteiger partial charge in [-0.2, -0.15) is 18.2 Å². The summed E-state index contributed by atoms with van der Waals surface area (Å²) < 4.78 is 59.7. The molecule has 0 saturated heterocycles. The van der Waals surface area contributed by atoms with Crippen LogP contribution in [-0.4, -0.2) is 19.5 Å². The molecule has 0 bridgehead atoms. The van der Waals surface area contributed by atoms with E-state index in [0.717, 1.165) is 10.8 Å². The number of aromatic nitrogens is 4. The highest BCUT2D eigenvalue weighted by atomic mass is 35.5. The zero-order valence-electron chi connectivity index (χ0n) is 15.8. The summed E-state index contributed by atoms with van der Waals surface area (Å²) >= 11 is 5.89. The lowest BCUT2D eigenvalue weighted by molar-refractivity contribution is -0.140. The number of halogens is 5. The zero-order chi connectivity index (χ0) is 21.3. The Morgan fingerprint density at radius 1 is 1.14 bits per heavy atom. The summed E-state index contributed by atoms with van der Waals surface area (Å²) in [5.41, 5.74) is 0.0523. The van der Waals surface area contributed by atoms with E-state index in [9.17, 15) is 17.6 Å².